The second-order valence-corrected chi connectivity index (χ2v) is 7.36. The molecule has 0 saturated carbocycles. The number of hydrogen-bond acceptors (Lipinski definition) is 3. The largest absolute Gasteiger partial charge is 0.384 e. The van der Waals surface area contributed by atoms with E-state index in [0.29, 0.717) is 12.0 Å². The SMILES string of the molecule is CCc1cc2cccc(C#Cc3cnn(C)c3CCOC)c2c(=O)n1-c1ccccc1. The summed E-state index contributed by atoms with van der Waals surface area (Å²) in [6.07, 6.45) is 3.25. The monoisotopic (exact) mass is 411 g/mol. The molecule has 4 aromatic rings. The van der Waals surface area contributed by atoms with E-state index in [4.69, 9.17) is 4.74 Å². The van der Waals surface area contributed by atoms with Crippen LogP contribution in [-0.4, -0.2) is 28.1 Å². The minimum Gasteiger partial charge on any atom is -0.384 e. The average molecular weight is 412 g/mol. The van der Waals surface area contributed by atoms with Gasteiger partial charge < -0.3 is 4.74 Å². The predicted octanol–water partition coefficient (Wildman–Crippen LogP) is 3.88. The van der Waals surface area contributed by atoms with Crippen LogP contribution in [0.1, 0.15) is 29.4 Å². The number of ether oxygens (including phenoxy) is 1. The molecule has 5 nitrogen and oxygen atoms in total. The Bertz CT molecular complexity index is 1340. The van der Waals surface area contributed by atoms with E-state index in [1.165, 1.54) is 0 Å². The van der Waals surface area contributed by atoms with Crippen molar-refractivity contribution in [3.63, 3.8) is 0 Å². The van der Waals surface area contributed by atoms with Gasteiger partial charge in [-0.05, 0) is 36.1 Å². The van der Waals surface area contributed by atoms with Gasteiger partial charge in [-0.2, -0.15) is 5.10 Å². The fourth-order valence-corrected chi connectivity index (χ4v) is 3.84. The van der Waals surface area contributed by atoms with Gasteiger partial charge in [0.15, 0.2) is 0 Å². The second kappa shape index (κ2) is 9.03. The van der Waals surface area contributed by atoms with Gasteiger partial charge in [-0.3, -0.25) is 14.0 Å². The Morgan fingerprint density at radius 1 is 1.03 bits per heavy atom. The van der Waals surface area contributed by atoms with Gasteiger partial charge in [-0.25, -0.2) is 0 Å². The molecule has 5 heteroatoms. The molecule has 0 saturated heterocycles. The lowest BCUT2D eigenvalue weighted by Crippen LogP contribution is -2.22. The third-order valence-corrected chi connectivity index (χ3v) is 5.44. The highest BCUT2D eigenvalue weighted by molar-refractivity contribution is 5.88. The maximum atomic E-state index is 13.6. The number of nitrogens with zero attached hydrogens (tertiary/aromatic N) is 3. The van der Waals surface area contributed by atoms with Crippen molar-refractivity contribution in [3.05, 3.63) is 93.7 Å². The van der Waals surface area contributed by atoms with Crippen molar-refractivity contribution < 1.29 is 4.74 Å². The Hall–Kier alpha value is -3.62. The highest BCUT2D eigenvalue weighted by Crippen LogP contribution is 2.20. The topological polar surface area (TPSA) is 49.1 Å². The molecule has 0 radical (unpaired) electrons. The fourth-order valence-electron chi connectivity index (χ4n) is 3.84. The molecule has 0 amide bonds. The van der Waals surface area contributed by atoms with Gasteiger partial charge in [0.2, 0.25) is 0 Å². The molecule has 0 aliphatic carbocycles. The van der Waals surface area contributed by atoms with Gasteiger partial charge in [0.25, 0.3) is 5.56 Å². The van der Waals surface area contributed by atoms with Crippen LogP contribution in [0.4, 0.5) is 0 Å². The summed E-state index contributed by atoms with van der Waals surface area (Å²) in [5.74, 6) is 6.46. The summed E-state index contributed by atoms with van der Waals surface area (Å²) >= 11 is 0. The summed E-state index contributed by atoms with van der Waals surface area (Å²) in [4.78, 5) is 13.6. The van der Waals surface area contributed by atoms with Crippen molar-refractivity contribution in [2.24, 2.45) is 7.05 Å². The highest BCUT2D eigenvalue weighted by atomic mass is 16.5. The van der Waals surface area contributed by atoms with Crippen molar-refractivity contribution in [3.8, 4) is 17.5 Å². The number of rotatable bonds is 5. The molecule has 156 valence electrons. The molecular formula is C26H25N3O2. The van der Waals surface area contributed by atoms with Crippen molar-refractivity contribution in [1.29, 1.82) is 0 Å². The molecule has 0 spiro atoms. The van der Waals surface area contributed by atoms with E-state index in [9.17, 15) is 4.79 Å². The molecular weight excluding hydrogens is 386 g/mol. The zero-order valence-electron chi connectivity index (χ0n) is 18.1. The lowest BCUT2D eigenvalue weighted by atomic mass is 10.0. The summed E-state index contributed by atoms with van der Waals surface area (Å²) in [7, 11) is 3.58. The number of fused-ring (bicyclic) bond motifs is 1. The molecule has 2 aromatic heterocycles. The molecule has 0 unspecified atom stereocenters. The summed E-state index contributed by atoms with van der Waals surface area (Å²) in [6, 6.07) is 17.7. The van der Waals surface area contributed by atoms with Crippen LogP contribution in [-0.2, 0) is 24.6 Å². The summed E-state index contributed by atoms with van der Waals surface area (Å²) in [6.45, 7) is 2.66. The van der Waals surface area contributed by atoms with E-state index in [0.717, 1.165) is 46.4 Å². The number of aromatic nitrogens is 3. The Balaban J connectivity index is 1.89. The molecule has 2 heterocycles. The number of benzene rings is 2. The molecule has 0 bridgehead atoms. The summed E-state index contributed by atoms with van der Waals surface area (Å²) in [5, 5.41) is 5.88. The first-order valence-electron chi connectivity index (χ1n) is 10.4. The Kier molecular flexibility index (Phi) is 6.01. The zero-order chi connectivity index (χ0) is 21.8. The van der Waals surface area contributed by atoms with Crippen LogP contribution in [0.2, 0.25) is 0 Å². The Morgan fingerprint density at radius 2 is 1.81 bits per heavy atom. The maximum absolute atomic E-state index is 13.6. The number of hydrogen-bond donors (Lipinski definition) is 0. The number of pyridine rings is 1. The third-order valence-electron chi connectivity index (χ3n) is 5.44. The van der Waals surface area contributed by atoms with E-state index >= 15 is 0 Å². The van der Waals surface area contributed by atoms with Gasteiger partial charge in [0.05, 0.1) is 29.4 Å². The first-order valence-corrected chi connectivity index (χ1v) is 10.4. The Labute approximate surface area is 181 Å². The second-order valence-electron chi connectivity index (χ2n) is 7.36. The van der Waals surface area contributed by atoms with Crippen LogP contribution in [0.5, 0.6) is 0 Å². The van der Waals surface area contributed by atoms with Gasteiger partial charge in [0, 0.05) is 37.5 Å². The van der Waals surface area contributed by atoms with Crippen molar-refractivity contribution in [1.82, 2.24) is 14.3 Å². The lowest BCUT2D eigenvalue weighted by Gasteiger charge is -2.14. The van der Waals surface area contributed by atoms with Crippen LogP contribution < -0.4 is 5.56 Å². The molecule has 31 heavy (non-hydrogen) atoms. The molecule has 2 aromatic carbocycles. The lowest BCUT2D eigenvalue weighted by molar-refractivity contribution is 0.200. The standard InChI is InChI=1S/C26H25N3O2/c1-4-22-17-20-10-8-9-19(13-14-21-18-27-28(2)24(21)15-16-31-3)25(20)26(30)29(22)23-11-6-5-7-12-23/h5-12,17-18H,4,15-16H2,1-3H3. The number of aryl methyl sites for hydroxylation is 2. The molecule has 0 atom stereocenters. The third kappa shape index (κ3) is 4.03. The maximum Gasteiger partial charge on any atom is 0.264 e. The van der Waals surface area contributed by atoms with Crippen LogP contribution in [0, 0.1) is 11.8 Å². The predicted molar refractivity (Wildman–Crippen MR) is 124 cm³/mol. The molecule has 0 aliphatic rings. The summed E-state index contributed by atoms with van der Waals surface area (Å²) < 4.78 is 8.82. The zero-order valence-corrected chi connectivity index (χ0v) is 18.1. The summed E-state index contributed by atoms with van der Waals surface area (Å²) in [5.41, 5.74) is 4.38. The van der Waals surface area contributed by atoms with E-state index < -0.39 is 0 Å². The van der Waals surface area contributed by atoms with Gasteiger partial charge in [-0.15, -0.1) is 0 Å². The van der Waals surface area contributed by atoms with E-state index in [2.05, 4.69) is 29.9 Å². The van der Waals surface area contributed by atoms with Gasteiger partial charge >= 0.3 is 0 Å². The van der Waals surface area contributed by atoms with Crippen molar-refractivity contribution >= 4 is 10.8 Å². The van der Waals surface area contributed by atoms with Crippen LogP contribution in [0.15, 0.2) is 65.6 Å². The normalized spacial score (nSPS) is 10.8. The van der Waals surface area contributed by atoms with Gasteiger partial charge in [0.1, 0.15) is 0 Å². The smallest absolute Gasteiger partial charge is 0.264 e. The first-order chi connectivity index (χ1) is 15.1. The first kappa shape index (κ1) is 20.6. The van der Waals surface area contributed by atoms with Crippen LogP contribution in [0.3, 0.4) is 0 Å². The fraction of sp³-hybridized carbons (Fsp3) is 0.231. The van der Waals surface area contributed by atoms with Crippen molar-refractivity contribution in [2.75, 3.05) is 13.7 Å². The number of methoxy groups -OCH3 is 1. The molecule has 0 N–H and O–H groups in total. The quantitative estimate of drug-likeness (QED) is 0.469. The van der Waals surface area contributed by atoms with E-state index in [-0.39, 0.29) is 5.56 Å². The minimum atomic E-state index is -0.0451. The van der Waals surface area contributed by atoms with E-state index in [1.807, 2.05) is 60.3 Å². The Morgan fingerprint density at radius 3 is 2.55 bits per heavy atom. The molecule has 0 fully saturated rings. The molecule has 4 rings (SSSR count). The average Bonchev–Trinajstić information content (AvgIpc) is 3.15. The van der Waals surface area contributed by atoms with Crippen LogP contribution >= 0.6 is 0 Å². The van der Waals surface area contributed by atoms with E-state index in [1.54, 1.807) is 17.9 Å². The number of para-hydroxylation sites is 1. The minimum absolute atomic E-state index is 0.0451. The van der Waals surface area contributed by atoms with Crippen LogP contribution in [0.25, 0.3) is 16.5 Å². The molecule has 0 aliphatic heterocycles. The van der Waals surface area contributed by atoms with Crippen molar-refractivity contribution in [2.45, 2.75) is 19.8 Å². The van der Waals surface area contributed by atoms with Gasteiger partial charge in [-0.1, -0.05) is 49.1 Å². The highest BCUT2D eigenvalue weighted by Gasteiger charge is 2.13.